The van der Waals surface area contributed by atoms with Crippen molar-refractivity contribution in [2.45, 2.75) is 32.9 Å². The number of imidazole rings is 1. The smallest absolute Gasteiger partial charge is 0.139 e. The number of nitrogens with zero attached hydrogens (tertiary/aromatic N) is 2. The number of benzene rings is 2. The summed E-state index contributed by atoms with van der Waals surface area (Å²) in [7, 11) is 0. The van der Waals surface area contributed by atoms with Crippen LogP contribution in [0.2, 0.25) is 0 Å². The van der Waals surface area contributed by atoms with Crippen molar-refractivity contribution in [1.82, 2.24) is 9.55 Å². The van der Waals surface area contributed by atoms with Crippen LogP contribution < -0.4 is 0 Å². The third-order valence-corrected chi connectivity index (χ3v) is 3.79. The van der Waals surface area contributed by atoms with Crippen molar-refractivity contribution in [2.75, 3.05) is 0 Å². The van der Waals surface area contributed by atoms with Gasteiger partial charge in [-0.2, -0.15) is 0 Å². The molecule has 0 unspecified atom stereocenters. The van der Waals surface area contributed by atoms with Crippen LogP contribution in [0.15, 0.2) is 48.5 Å². The molecule has 0 saturated carbocycles. The molecule has 0 saturated heterocycles. The average molecular weight is 280 g/mol. The zero-order valence-corrected chi connectivity index (χ0v) is 12.5. The molecule has 0 aliphatic carbocycles. The molecule has 1 aromatic heterocycles. The quantitative estimate of drug-likeness (QED) is 0.788. The maximum atomic E-state index is 10.3. The molecule has 0 bridgehead atoms. The largest absolute Gasteiger partial charge is 0.385 e. The fraction of sp³-hybridized carbons (Fsp3) is 0.278. The van der Waals surface area contributed by atoms with Crippen molar-refractivity contribution in [3.05, 3.63) is 65.5 Å². The third kappa shape index (κ3) is 2.69. The molecule has 2 aromatic carbocycles. The number of aliphatic hydroxyl groups excluding tert-OH is 1. The van der Waals surface area contributed by atoms with E-state index in [4.69, 9.17) is 0 Å². The summed E-state index contributed by atoms with van der Waals surface area (Å²) in [5.74, 6) is 0.750. The first-order chi connectivity index (χ1) is 10.2. The molecule has 1 N–H and O–H groups in total. The van der Waals surface area contributed by atoms with E-state index in [2.05, 4.69) is 46.8 Å². The fourth-order valence-corrected chi connectivity index (χ4v) is 2.69. The Kier molecular flexibility index (Phi) is 3.76. The molecule has 0 fully saturated rings. The lowest BCUT2D eigenvalue weighted by Crippen LogP contribution is -2.09. The zero-order valence-electron chi connectivity index (χ0n) is 12.5. The third-order valence-electron chi connectivity index (χ3n) is 3.79. The van der Waals surface area contributed by atoms with Gasteiger partial charge in [-0.25, -0.2) is 4.98 Å². The number of hydrogen-bond donors (Lipinski definition) is 1. The fourth-order valence-electron chi connectivity index (χ4n) is 2.69. The highest BCUT2D eigenvalue weighted by atomic mass is 16.3. The van der Waals surface area contributed by atoms with Crippen molar-refractivity contribution in [2.24, 2.45) is 0 Å². The van der Waals surface area contributed by atoms with E-state index in [0.29, 0.717) is 6.42 Å². The van der Waals surface area contributed by atoms with Crippen molar-refractivity contribution in [1.29, 1.82) is 0 Å². The van der Waals surface area contributed by atoms with E-state index in [9.17, 15) is 5.11 Å². The number of aromatic nitrogens is 2. The Morgan fingerprint density at radius 1 is 1.14 bits per heavy atom. The summed E-state index contributed by atoms with van der Waals surface area (Å²) in [5, 5.41) is 10.3. The second-order valence-corrected chi connectivity index (χ2v) is 5.46. The number of aryl methyl sites for hydroxylation is 1. The number of hydrogen-bond acceptors (Lipinski definition) is 2. The molecule has 108 valence electrons. The number of fused-ring (bicyclic) bond motifs is 1. The molecule has 3 heteroatoms. The van der Waals surface area contributed by atoms with Gasteiger partial charge in [-0.3, -0.25) is 0 Å². The van der Waals surface area contributed by atoms with Crippen molar-refractivity contribution in [3.63, 3.8) is 0 Å². The summed E-state index contributed by atoms with van der Waals surface area (Å²) in [5.41, 5.74) is 4.48. The van der Waals surface area contributed by atoms with Gasteiger partial charge in [-0.15, -0.1) is 0 Å². The van der Waals surface area contributed by atoms with Crippen LogP contribution in [-0.2, 0) is 6.54 Å². The zero-order chi connectivity index (χ0) is 14.8. The first-order valence-electron chi connectivity index (χ1n) is 7.38. The van der Waals surface area contributed by atoms with E-state index in [-0.39, 0.29) is 0 Å². The summed E-state index contributed by atoms with van der Waals surface area (Å²) in [6.07, 6.45) is 0.138. The van der Waals surface area contributed by atoms with Gasteiger partial charge < -0.3 is 9.67 Å². The van der Waals surface area contributed by atoms with Gasteiger partial charge in [0.05, 0.1) is 11.0 Å². The number of rotatable bonds is 4. The Morgan fingerprint density at radius 3 is 2.71 bits per heavy atom. The molecular weight excluding hydrogens is 260 g/mol. The highest BCUT2D eigenvalue weighted by molar-refractivity contribution is 5.76. The first kappa shape index (κ1) is 13.8. The number of para-hydroxylation sites is 2. The SMILES string of the molecule is CC[C@H](O)c1nc2ccccc2n1Cc1cccc(C)c1. The Labute approximate surface area is 124 Å². The van der Waals surface area contributed by atoms with Crippen LogP contribution in [0, 0.1) is 6.92 Å². The van der Waals surface area contributed by atoms with Gasteiger partial charge >= 0.3 is 0 Å². The maximum absolute atomic E-state index is 10.3. The number of aliphatic hydroxyl groups is 1. The second kappa shape index (κ2) is 5.70. The highest BCUT2D eigenvalue weighted by Gasteiger charge is 2.16. The van der Waals surface area contributed by atoms with E-state index in [1.165, 1.54) is 11.1 Å². The Bertz CT molecular complexity index is 761. The summed E-state index contributed by atoms with van der Waals surface area (Å²) in [6.45, 7) is 4.80. The molecule has 0 aliphatic heterocycles. The minimum Gasteiger partial charge on any atom is -0.385 e. The minimum atomic E-state index is -0.526. The molecule has 3 rings (SSSR count). The van der Waals surface area contributed by atoms with Crippen LogP contribution in [-0.4, -0.2) is 14.7 Å². The average Bonchev–Trinajstić information content (AvgIpc) is 2.85. The van der Waals surface area contributed by atoms with E-state index < -0.39 is 6.10 Å². The summed E-state index contributed by atoms with van der Waals surface area (Å²) >= 11 is 0. The monoisotopic (exact) mass is 280 g/mol. The highest BCUT2D eigenvalue weighted by Crippen LogP contribution is 2.24. The van der Waals surface area contributed by atoms with Crippen LogP contribution in [0.4, 0.5) is 0 Å². The van der Waals surface area contributed by atoms with Crippen LogP contribution in [0.1, 0.15) is 36.4 Å². The Balaban J connectivity index is 2.10. The van der Waals surface area contributed by atoms with E-state index in [0.717, 1.165) is 23.4 Å². The molecule has 1 atom stereocenters. The second-order valence-electron chi connectivity index (χ2n) is 5.46. The molecule has 21 heavy (non-hydrogen) atoms. The van der Waals surface area contributed by atoms with Gasteiger partial charge in [-0.05, 0) is 31.0 Å². The topological polar surface area (TPSA) is 38.1 Å². The van der Waals surface area contributed by atoms with Crippen LogP contribution >= 0.6 is 0 Å². The van der Waals surface area contributed by atoms with Gasteiger partial charge in [-0.1, -0.05) is 48.9 Å². The molecule has 3 nitrogen and oxygen atoms in total. The summed E-state index contributed by atoms with van der Waals surface area (Å²) in [4.78, 5) is 4.61. The molecular formula is C18H20N2O. The molecule has 0 aliphatic rings. The maximum Gasteiger partial charge on any atom is 0.139 e. The lowest BCUT2D eigenvalue weighted by molar-refractivity contribution is 0.160. The molecule has 0 spiro atoms. The van der Waals surface area contributed by atoms with Crippen LogP contribution in [0.5, 0.6) is 0 Å². The summed E-state index contributed by atoms with van der Waals surface area (Å²) in [6, 6.07) is 16.5. The molecule has 1 heterocycles. The van der Waals surface area contributed by atoms with Gasteiger partial charge in [0, 0.05) is 6.54 Å². The Hall–Kier alpha value is -2.13. The first-order valence-corrected chi connectivity index (χ1v) is 7.38. The van der Waals surface area contributed by atoms with Gasteiger partial charge in [0.2, 0.25) is 0 Å². The molecule has 0 radical (unpaired) electrons. The lowest BCUT2D eigenvalue weighted by Gasteiger charge is -2.13. The molecule has 3 aromatic rings. The lowest BCUT2D eigenvalue weighted by atomic mass is 10.1. The summed E-state index contributed by atoms with van der Waals surface area (Å²) < 4.78 is 2.12. The van der Waals surface area contributed by atoms with Crippen molar-refractivity contribution >= 4 is 11.0 Å². The standard InChI is InChI=1S/C18H20N2O/c1-3-17(21)18-19-15-9-4-5-10-16(15)20(18)12-14-8-6-7-13(2)11-14/h4-11,17,21H,3,12H2,1-2H3/t17-/m0/s1. The van der Waals surface area contributed by atoms with Crippen LogP contribution in [0.25, 0.3) is 11.0 Å². The molecule has 0 amide bonds. The Morgan fingerprint density at radius 2 is 1.95 bits per heavy atom. The van der Waals surface area contributed by atoms with E-state index in [1.54, 1.807) is 0 Å². The van der Waals surface area contributed by atoms with Crippen LogP contribution in [0.3, 0.4) is 0 Å². The minimum absolute atomic E-state index is 0.526. The van der Waals surface area contributed by atoms with Crippen molar-refractivity contribution in [3.8, 4) is 0 Å². The van der Waals surface area contributed by atoms with Gasteiger partial charge in [0.25, 0.3) is 0 Å². The van der Waals surface area contributed by atoms with Gasteiger partial charge in [0.1, 0.15) is 11.9 Å². The predicted molar refractivity (Wildman–Crippen MR) is 85.3 cm³/mol. The van der Waals surface area contributed by atoms with E-state index >= 15 is 0 Å². The normalized spacial score (nSPS) is 12.7. The van der Waals surface area contributed by atoms with Gasteiger partial charge in [0.15, 0.2) is 0 Å². The van der Waals surface area contributed by atoms with Crippen molar-refractivity contribution < 1.29 is 5.11 Å². The predicted octanol–water partition coefficient (Wildman–Crippen LogP) is 3.84. The van der Waals surface area contributed by atoms with E-state index in [1.807, 2.05) is 25.1 Å².